The number of para-hydroxylation sites is 1. The number of ether oxygens (including phenoxy) is 2. The van der Waals surface area contributed by atoms with Crippen LogP contribution in [0.3, 0.4) is 0 Å². The van der Waals surface area contributed by atoms with Crippen LogP contribution in [0.5, 0.6) is 5.88 Å². The van der Waals surface area contributed by atoms with Crippen molar-refractivity contribution in [3.63, 3.8) is 0 Å². The minimum absolute atomic E-state index is 0.000437. The molecule has 0 radical (unpaired) electrons. The van der Waals surface area contributed by atoms with E-state index in [1.165, 1.54) is 6.07 Å². The van der Waals surface area contributed by atoms with Gasteiger partial charge in [-0.2, -0.15) is 0 Å². The minimum Gasteiger partial charge on any atom is -0.481 e. The van der Waals surface area contributed by atoms with Crippen LogP contribution in [0.2, 0.25) is 0 Å². The van der Waals surface area contributed by atoms with E-state index >= 15 is 0 Å². The summed E-state index contributed by atoms with van der Waals surface area (Å²) in [6, 6.07) is 10.3. The lowest BCUT2D eigenvalue weighted by Crippen LogP contribution is -2.01. The Morgan fingerprint density at radius 2 is 2.12 bits per heavy atom. The summed E-state index contributed by atoms with van der Waals surface area (Å²) in [5.74, 6) is 0.107. The van der Waals surface area contributed by atoms with Crippen LogP contribution in [-0.4, -0.2) is 23.5 Å². The van der Waals surface area contributed by atoms with E-state index in [0.29, 0.717) is 24.5 Å². The van der Waals surface area contributed by atoms with Crippen LogP contribution in [0.4, 0.5) is 4.39 Å². The highest BCUT2D eigenvalue weighted by Gasteiger charge is 2.11. The summed E-state index contributed by atoms with van der Waals surface area (Å²) < 4.78 is 24.0. The Balaban J connectivity index is 2.07. The van der Waals surface area contributed by atoms with Crippen LogP contribution in [0, 0.1) is 5.82 Å². The number of hydrogen-bond acceptors (Lipinski definition) is 5. The van der Waals surface area contributed by atoms with Gasteiger partial charge in [-0.1, -0.05) is 12.1 Å². The van der Waals surface area contributed by atoms with E-state index < -0.39 is 5.82 Å². The second kappa shape index (κ2) is 7.04. The molecule has 0 aliphatic carbocycles. The van der Waals surface area contributed by atoms with Crippen molar-refractivity contribution in [3.05, 3.63) is 65.2 Å². The van der Waals surface area contributed by atoms with Crippen LogP contribution in [-0.2, 0) is 22.6 Å². The van der Waals surface area contributed by atoms with E-state index in [0.717, 1.165) is 16.5 Å². The van der Waals surface area contributed by atoms with Gasteiger partial charge in [0.05, 0.1) is 12.8 Å². The fraction of sp³-hybridized carbons (Fsp3) is 0.167. The van der Waals surface area contributed by atoms with Crippen LogP contribution in [0.25, 0.3) is 10.9 Å². The summed E-state index contributed by atoms with van der Waals surface area (Å²) in [6.07, 6.45) is 2.21. The third-order valence-electron chi connectivity index (χ3n) is 3.63. The number of nitrogens with zero attached hydrogens (tertiary/aromatic N) is 2. The maximum atomic E-state index is 14.1. The van der Waals surface area contributed by atoms with Crippen LogP contribution in [0.15, 0.2) is 42.6 Å². The Morgan fingerprint density at radius 1 is 1.25 bits per heavy atom. The van der Waals surface area contributed by atoms with Crippen molar-refractivity contribution in [3.8, 4) is 5.88 Å². The molecular formula is C18H15FN2O3. The quantitative estimate of drug-likeness (QED) is 0.652. The summed E-state index contributed by atoms with van der Waals surface area (Å²) in [5.41, 5.74) is 2.62. The Kier molecular flexibility index (Phi) is 4.65. The second-order valence-corrected chi connectivity index (χ2v) is 5.20. The lowest BCUT2D eigenvalue weighted by molar-refractivity contribution is -0.129. The average molecular weight is 326 g/mol. The molecule has 122 valence electrons. The number of methoxy groups -OCH3 is 1. The van der Waals surface area contributed by atoms with E-state index in [4.69, 9.17) is 9.47 Å². The van der Waals surface area contributed by atoms with E-state index in [2.05, 4.69) is 9.97 Å². The van der Waals surface area contributed by atoms with Gasteiger partial charge in [0.2, 0.25) is 5.88 Å². The number of benzene rings is 1. The zero-order valence-electron chi connectivity index (χ0n) is 13.0. The van der Waals surface area contributed by atoms with Gasteiger partial charge >= 0.3 is 0 Å². The highest BCUT2D eigenvalue weighted by atomic mass is 19.1. The summed E-state index contributed by atoms with van der Waals surface area (Å²) >= 11 is 0. The monoisotopic (exact) mass is 326 g/mol. The largest absolute Gasteiger partial charge is 0.481 e. The van der Waals surface area contributed by atoms with E-state index in [1.54, 1.807) is 19.4 Å². The Morgan fingerprint density at radius 3 is 2.92 bits per heavy atom. The average Bonchev–Trinajstić information content (AvgIpc) is 2.61. The zero-order chi connectivity index (χ0) is 16.9. The van der Waals surface area contributed by atoms with E-state index in [1.807, 2.05) is 24.3 Å². The molecule has 0 aliphatic heterocycles. The maximum Gasteiger partial charge on any atom is 0.293 e. The van der Waals surface area contributed by atoms with Crippen molar-refractivity contribution in [1.29, 1.82) is 0 Å². The SMILES string of the molecule is COc1cc(Cc2cc(COC=O)nc3c(F)cccc23)ccn1. The van der Waals surface area contributed by atoms with Crippen molar-refractivity contribution in [2.45, 2.75) is 13.0 Å². The molecule has 3 rings (SSSR count). The molecule has 0 saturated carbocycles. The Labute approximate surface area is 138 Å². The molecule has 0 amide bonds. The molecule has 2 heterocycles. The van der Waals surface area contributed by atoms with Gasteiger partial charge in [0.15, 0.2) is 0 Å². The van der Waals surface area contributed by atoms with E-state index in [9.17, 15) is 9.18 Å². The Bertz CT molecular complexity index is 883. The normalized spacial score (nSPS) is 10.6. The van der Waals surface area contributed by atoms with Gasteiger partial charge in [-0.05, 0) is 35.7 Å². The summed E-state index contributed by atoms with van der Waals surface area (Å²) in [7, 11) is 1.55. The van der Waals surface area contributed by atoms with Gasteiger partial charge in [-0.25, -0.2) is 14.4 Å². The number of fused-ring (bicyclic) bond motifs is 1. The molecule has 0 N–H and O–H groups in total. The summed E-state index contributed by atoms with van der Waals surface area (Å²) in [6.45, 7) is 0.348. The fourth-order valence-electron chi connectivity index (χ4n) is 2.57. The fourth-order valence-corrected chi connectivity index (χ4v) is 2.57. The van der Waals surface area contributed by atoms with Crippen molar-refractivity contribution < 1.29 is 18.7 Å². The van der Waals surface area contributed by atoms with Gasteiger partial charge in [-0.3, -0.25) is 4.79 Å². The first-order chi connectivity index (χ1) is 11.7. The third kappa shape index (κ3) is 3.32. The molecule has 0 aliphatic rings. The zero-order valence-corrected chi connectivity index (χ0v) is 13.0. The molecule has 6 heteroatoms. The topological polar surface area (TPSA) is 61.3 Å². The number of halogens is 1. The summed E-state index contributed by atoms with van der Waals surface area (Å²) in [4.78, 5) is 18.7. The highest BCUT2D eigenvalue weighted by Crippen LogP contribution is 2.24. The van der Waals surface area contributed by atoms with Crippen molar-refractivity contribution >= 4 is 17.4 Å². The number of carbonyl (C=O) groups excluding carboxylic acids is 1. The first-order valence-corrected chi connectivity index (χ1v) is 7.32. The number of hydrogen-bond donors (Lipinski definition) is 0. The van der Waals surface area contributed by atoms with Gasteiger partial charge in [0, 0.05) is 17.6 Å². The molecule has 0 unspecified atom stereocenters. The van der Waals surface area contributed by atoms with Gasteiger partial charge in [-0.15, -0.1) is 0 Å². The lowest BCUT2D eigenvalue weighted by Gasteiger charge is -2.10. The van der Waals surface area contributed by atoms with Crippen LogP contribution < -0.4 is 4.74 Å². The number of rotatable bonds is 6. The van der Waals surface area contributed by atoms with Crippen LogP contribution >= 0.6 is 0 Å². The molecule has 0 spiro atoms. The van der Waals surface area contributed by atoms with Crippen molar-refractivity contribution in [2.24, 2.45) is 0 Å². The molecule has 0 atom stereocenters. The molecule has 0 bridgehead atoms. The Hall–Kier alpha value is -3.02. The van der Waals surface area contributed by atoms with E-state index in [-0.39, 0.29) is 12.1 Å². The molecule has 24 heavy (non-hydrogen) atoms. The first kappa shape index (κ1) is 15.9. The van der Waals surface area contributed by atoms with Crippen molar-refractivity contribution in [1.82, 2.24) is 9.97 Å². The molecule has 3 aromatic rings. The third-order valence-corrected chi connectivity index (χ3v) is 3.63. The molecule has 1 aromatic carbocycles. The second-order valence-electron chi connectivity index (χ2n) is 5.20. The standard InChI is InChI=1S/C18H15FN2O3/c1-23-17-8-12(5-6-20-17)7-13-9-14(10-24-11-22)21-18-15(13)3-2-4-16(18)19/h2-6,8-9,11H,7,10H2,1H3. The maximum absolute atomic E-state index is 14.1. The smallest absolute Gasteiger partial charge is 0.293 e. The molecule has 2 aromatic heterocycles. The van der Waals surface area contributed by atoms with Crippen molar-refractivity contribution in [2.75, 3.05) is 7.11 Å². The minimum atomic E-state index is -0.408. The number of carbonyl (C=O) groups is 1. The predicted octanol–water partition coefficient (Wildman–Crippen LogP) is 3.04. The van der Waals surface area contributed by atoms with Gasteiger partial charge in [0.25, 0.3) is 6.47 Å². The lowest BCUT2D eigenvalue weighted by atomic mass is 10.0. The first-order valence-electron chi connectivity index (χ1n) is 7.32. The summed E-state index contributed by atoms with van der Waals surface area (Å²) in [5, 5.41) is 0.723. The highest BCUT2D eigenvalue weighted by molar-refractivity contribution is 5.83. The van der Waals surface area contributed by atoms with Crippen LogP contribution in [0.1, 0.15) is 16.8 Å². The molecular weight excluding hydrogens is 311 g/mol. The van der Waals surface area contributed by atoms with Gasteiger partial charge in [0.1, 0.15) is 17.9 Å². The molecule has 0 fully saturated rings. The number of aromatic nitrogens is 2. The van der Waals surface area contributed by atoms with Gasteiger partial charge < -0.3 is 9.47 Å². The molecule has 0 saturated heterocycles. The number of pyridine rings is 2. The molecule has 5 nitrogen and oxygen atoms in total. The predicted molar refractivity (Wildman–Crippen MR) is 86.1 cm³/mol.